The summed E-state index contributed by atoms with van der Waals surface area (Å²) in [5, 5.41) is 3.65. The van der Waals surface area contributed by atoms with Gasteiger partial charge >= 0.3 is 0 Å². The van der Waals surface area contributed by atoms with Gasteiger partial charge < -0.3 is 10.2 Å². The lowest BCUT2D eigenvalue weighted by atomic mass is 9.88. The lowest BCUT2D eigenvalue weighted by molar-refractivity contribution is -0.133. The van der Waals surface area contributed by atoms with Crippen molar-refractivity contribution in [1.82, 2.24) is 10.2 Å². The van der Waals surface area contributed by atoms with Crippen LogP contribution >= 0.6 is 11.6 Å². The molecule has 0 aliphatic carbocycles. The second kappa shape index (κ2) is 9.56. The number of likely N-dealkylation sites (tertiary alicyclic amines) is 1. The van der Waals surface area contributed by atoms with Crippen molar-refractivity contribution < 1.29 is 9.59 Å². The van der Waals surface area contributed by atoms with Crippen molar-refractivity contribution in [3.05, 3.63) is 70.7 Å². The van der Waals surface area contributed by atoms with Gasteiger partial charge in [0, 0.05) is 43.4 Å². The first-order valence-corrected chi connectivity index (χ1v) is 9.86. The van der Waals surface area contributed by atoms with Crippen molar-refractivity contribution in [3.8, 4) is 0 Å². The Hall–Kier alpha value is -2.33. The highest BCUT2D eigenvalue weighted by Crippen LogP contribution is 2.28. The number of amides is 2. The van der Waals surface area contributed by atoms with Crippen molar-refractivity contribution in [2.45, 2.75) is 31.6 Å². The number of benzene rings is 2. The lowest BCUT2D eigenvalue weighted by Crippen LogP contribution is -2.41. The molecular formula is C22H25ClN2O2. The van der Waals surface area contributed by atoms with Crippen molar-refractivity contribution in [3.63, 3.8) is 0 Å². The highest BCUT2D eigenvalue weighted by atomic mass is 35.5. The van der Waals surface area contributed by atoms with E-state index in [2.05, 4.69) is 5.32 Å². The molecule has 5 heteroatoms. The molecule has 3 rings (SSSR count). The molecule has 1 heterocycles. The van der Waals surface area contributed by atoms with E-state index in [1.165, 1.54) is 0 Å². The van der Waals surface area contributed by atoms with Gasteiger partial charge in [0.15, 0.2) is 0 Å². The molecule has 0 bridgehead atoms. The lowest BCUT2D eigenvalue weighted by Gasteiger charge is -2.26. The molecular weight excluding hydrogens is 360 g/mol. The van der Waals surface area contributed by atoms with Crippen LogP contribution in [-0.2, 0) is 9.59 Å². The van der Waals surface area contributed by atoms with E-state index >= 15 is 0 Å². The minimum absolute atomic E-state index is 0.0109. The number of hydrogen-bond acceptors (Lipinski definition) is 2. The van der Waals surface area contributed by atoms with Crippen molar-refractivity contribution in [2.24, 2.45) is 0 Å². The third-order valence-corrected chi connectivity index (χ3v) is 5.24. The van der Waals surface area contributed by atoms with E-state index in [9.17, 15) is 9.59 Å². The zero-order chi connectivity index (χ0) is 19.1. The van der Waals surface area contributed by atoms with Gasteiger partial charge in [0.1, 0.15) is 0 Å². The Morgan fingerprint density at radius 3 is 2.44 bits per heavy atom. The Balaban J connectivity index is 1.60. The minimum Gasteiger partial charge on any atom is -0.354 e. The minimum atomic E-state index is -0.0277. The molecule has 142 valence electrons. The second-order valence-corrected chi connectivity index (χ2v) is 7.34. The molecule has 0 unspecified atom stereocenters. The van der Waals surface area contributed by atoms with E-state index < -0.39 is 0 Å². The van der Waals surface area contributed by atoms with Gasteiger partial charge in [0.05, 0.1) is 0 Å². The van der Waals surface area contributed by atoms with Crippen LogP contribution < -0.4 is 5.32 Å². The molecule has 4 nitrogen and oxygen atoms in total. The smallest absolute Gasteiger partial charge is 0.222 e. The summed E-state index contributed by atoms with van der Waals surface area (Å²) in [6.07, 6.45) is 3.01. The Morgan fingerprint density at radius 2 is 1.74 bits per heavy atom. The first-order chi connectivity index (χ1) is 13.1. The molecule has 0 radical (unpaired) electrons. The fourth-order valence-corrected chi connectivity index (χ4v) is 3.62. The summed E-state index contributed by atoms with van der Waals surface area (Å²) < 4.78 is 0. The normalized spacial score (nSPS) is 15.4. The van der Waals surface area contributed by atoms with Crippen LogP contribution in [0.15, 0.2) is 54.6 Å². The molecule has 1 aliphatic rings. The molecule has 1 N–H and O–H groups in total. The summed E-state index contributed by atoms with van der Waals surface area (Å²) in [7, 11) is 0. The number of piperidine rings is 1. The van der Waals surface area contributed by atoms with Crippen molar-refractivity contribution in [2.75, 3.05) is 19.6 Å². The number of rotatable bonds is 7. The number of nitrogens with one attached hydrogen (secondary N) is 1. The number of hydrogen-bond donors (Lipinski definition) is 1. The van der Waals surface area contributed by atoms with Crippen LogP contribution in [0.3, 0.4) is 0 Å². The largest absolute Gasteiger partial charge is 0.354 e. The maximum absolute atomic E-state index is 12.5. The van der Waals surface area contributed by atoms with E-state index in [1.807, 2.05) is 59.5 Å². The quantitative estimate of drug-likeness (QED) is 0.784. The zero-order valence-corrected chi connectivity index (χ0v) is 16.1. The Labute approximate surface area is 165 Å². The van der Waals surface area contributed by atoms with Crippen LogP contribution in [-0.4, -0.2) is 36.3 Å². The molecule has 2 aromatic rings. The van der Waals surface area contributed by atoms with Crippen LogP contribution in [0.5, 0.6) is 0 Å². The van der Waals surface area contributed by atoms with Gasteiger partial charge in [-0.1, -0.05) is 54.1 Å². The average molecular weight is 385 g/mol. The molecule has 2 amide bonds. The van der Waals surface area contributed by atoms with E-state index in [-0.39, 0.29) is 17.7 Å². The molecule has 0 aromatic heterocycles. The third kappa shape index (κ3) is 5.57. The van der Waals surface area contributed by atoms with Gasteiger partial charge in [0.25, 0.3) is 0 Å². The first-order valence-electron chi connectivity index (χ1n) is 9.48. The molecule has 2 aromatic carbocycles. The Morgan fingerprint density at radius 1 is 1.04 bits per heavy atom. The monoisotopic (exact) mass is 384 g/mol. The molecule has 1 aliphatic heterocycles. The SMILES string of the molecule is O=C(C[C@@H](c1ccccc1)c1ccc(Cl)cc1)NCCN1CCCCC1=O. The molecule has 1 atom stereocenters. The van der Waals surface area contributed by atoms with E-state index in [4.69, 9.17) is 11.6 Å². The van der Waals surface area contributed by atoms with Crippen LogP contribution in [0.25, 0.3) is 0 Å². The fourth-order valence-electron chi connectivity index (χ4n) is 3.49. The Kier molecular flexibility index (Phi) is 6.88. The predicted molar refractivity (Wildman–Crippen MR) is 108 cm³/mol. The van der Waals surface area contributed by atoms with Gasteiger partial charge in [-0.15, -0.1) is 0 Å². The second-order valence-electron chi connectivity index (χ2n) is 6.91. The van der Waals surface area contributed by atoms with Crippen molar-refractivity contribution >= 4 is 23.4 Å². The van der Waals surface area contributed by atoms with E-state index in [1.54, 1.807) is 0 Å². The molecule has 0 spiro atoms. The summed E-state index contributed by atoms with van der Waals surface area (Å²) in [4.78, 5) is 26.2. The topological polar surface area (TPSA) is 49.4 Å². The highest BCUT2D eigenvalue weighted by molar-refractivity contribution is 6.30. The molecule has 27 heavy (non-hydrogen) atoms. The third-order valence-electron chi connectivity index (χ3n) is 4.99. The van der Waals surface area contributed by atoms with Gasteiger partial charge in [-0.05, 0) is 36.1 Å². The summed E-state index contributed by atoms with van der Waals surface area (Å²) in [5.41, 5.74) is 2.16. The van der Waals surface area contributed by atoms with E-state index in [0.29, 0.717) is 31.0 Å². The number of nitrogens with zero attached hydrogens (tertiary/aromatic N) is 1. The van der Waals surface area contributed by atoms with Gasteiger partial charge in [-0.2, -0.15) is 0 Å². The molecule has 0 saturated carbocycles. The van der Waals surface area contributed by atoms with Crippen molar-refractivity contribution in [1.29, 1.82) is 0 Å². The first kappa shape index (κ1) is 19.4. The summed E-state index contributed by atoms with van der Waals surface area (Å²) >= 11 is 6.01. The standard InChI is InChI=1S/C22H25ClN2O2/c23-19-11-9-18(10-12-19)20(17-6-2-1-3-7-17)16-21(26)24-13-15-25-14-5-4-8-22(25)27/h1-3,6-7,9-12,20H,4-5,8,13-16H2,(H,24,26)/t20-/m0/s1. The molecule has 1 saturated heterocycles. The van der Waals surface area contributed by atoms with Gasteiger partial charge in [0.2, 0.25) is 11.8 Å². The van der Waals surface area contributed by atoms with Crippen LogP contribution in [0.4, 0.5) is 0 Å². The predicted octanol–water partition coefficient (Wildman–Crippen LogP) is 3.99. The zero-order valence-electron chi connectivity index (χ0n) is 15.4. The summed E-state index contributed by atoms with van der Waals surface area (Å²) in [5.74, 6) is 0.155. The number of carbonyl (C=O) groups is 2. The molecule has 1 fully saturated rings. The number of halogens is 1. The summed E-state index contributed by atoms with van der Waals surface area (Å²) in [6, 6.07) is 17.7. The Bertz CT molecular complexity index is 762. The fraction of sp³-hybridized carbons (Fsp3) is 0.364. The maximum atomic E-state index is 12.5. The summed E-state index contributed by atoms with van der Waals surface area (Å²) in [6.45, 7) is 1.88. The van der Waals surface area contributed by atoms with Crippen LogP contribution in [0.1, 0.15) is 42.7 Å². The van der Waals surface area contributed by atoms with Gasteiger partial charge in [-0.25, -0.2) is 0 Å². The van der Waals surface area contributed by atoms with Gasteiger partial charge in [-0.3, -0.25) is 9.59 Å². The number of carbonyl (C=O) groups excluding carboxylic acids is 2. The maximum Gasteiger partial charge on any atom is 0.222 e. The average Bonchev–Trinajstić information content (AvgIpc) is 2.69. The van der Waals surface area contributed by atoms with Crippen LogP contribution in [0.2, 0.25) is 5.02 Å². The van der Waals surface area contributed by atoms with Crippen LogP contribution in [0, 0.1) is 0 Å². The van der Waals surface area contributed by atoms with E-state index in [0.717, 1.165) is 30.5 Å². The highest BCUT2D eigenvalue weighted by Gasteiger charge is 2.20.